The molecule has 128 valence electrons. The fourth-order valence-corrected chi connectivity index (χ4v) is 5.84. The van der Waals surface area contributed by atoms with Crippen molar-refractivity contribution in [3.8, 4) is 22.3 Å². The lowest BCUT2D eigenvalue weighted by Crippen LogP contribution is -2.25. The minimum absolute atomic E-state index is 0.229. The molecule has 2 aliphatic carbocycles. The molecule has 4 aromatic carbocycles. The van der Waals surface area contributed by atoms with E-state index in [4.69, 9.17) is 0 Å². The normalized spacial score (nSPS) is 18.1. The first kappa shape index (κ1) is 15.4. The van der Waals surface area contributed by atoms with Gasteiger partial charge in [-0.2, -0.15) is 0 Å². The van der Waals surface area contributed by atoms with Crippen LogP contribution in [0.25, 0.3) is 22.3 Å². The van der Waals surface area contributed by atoms with Crippen LogP contribution in [-0.2, 0) is 5.41 Å². The van der Waals surface area contributed by atoms with E-state index in [2.05, 4.69) is 108 Å². The van der Waals surface area contributed by atoms with E-state index in [0.717, 1.165) is 0 Å². The van der Waals surface area contributed by atoms with Crippen LogP contribution in [0.3, 0.4) is 0 Å². The summed E-state index contributed by atoms with van der Waals surface area (Å²) >= 11 is 3.84. The molecular weight excluding hydrogens is 392 g/mol. The molecule has 2 aliphatic rings. The molecule has 0 saturated heterocycles. The third-order valence-electron chi connectivity index (χ3n) is 6.22. The van der Waals surface area contributed by atoms with Gasteiger partial charge in [-0.3, -0.25) is 0 Å². The lowest BCUT2D eigenvalue weighted by atomic mass is 9.70. The zero-order valence-electron chi connectivity index (χ0n) is 15.0. The average Bonchev–Trinajstić information content (AvgIpc) is 3.15. The summed E-state index contributed by atoms with van der Waals surface area (Å²) in [4.78, 5) is 0. The molecule has 1 heteroatoms. The van der Waals surface area contributed by atoms with Crippen molar-refractivity contribution < 1.29 is 0 Å². The fourth-order valence-electron chi connectivity index (χ4n) is 5.26. The lowest BCUT2D eigenvalue weighted by Gasteiger charge is -2.30. The summed E-state index contributed by atoms with van der Waals surface area (Å²) in [5.41, 5.74) is 12.0. The third-order valence-corrected chi connectivity index (χ3v) is 6.88. The van der Waals surface area contributed by atoms with E-state index in [1.807, 2.05) is 0 Å². The summed E-state index contributed by atoms with van der Waals surface area (Å²) in [5.74, 6) is 0. The van der Waals surface area contributed by atoms with Gasteiger partial charge in [0.25, 0.3) is 0 Å². The van der Waals surface area contributed by atoms with E-state index in [1.165, 1.54) is 54.5 Å². The molecule has 0 N–H and O–H groups in total. The topological polar surface area (TPSA) is 0 Å². The van der Waals surface area contributed by atoms with E-state index in [-0.39, 0.29) is 5.41 Å². The maximum atomic E-state index is 3.84. The van der Waals surface area contributed by atoms with Crippen molar-refractivity contribution in [2.75, 3.05) is 0 Å². The largest absolute Gasteiger partial charge is 0.0726 e. The quantitative estimate of drug-likeness (QED) is 0.251. The number of rotatable bonds is 0. The van der Waals surface area contributed by atoms with Crippen LogP contribution in [-0.4, -0.2) is 0 Å². The molecule has 0 nitrogen and oxygen atoms in total. The average molecular weight is 409 g/mol. The van der Waals surface area contributed by atoms with Crippen molar-refractivity contribution in [1.82, 2.24) is 0 Å². The van der Waals surface area contributed by atoms with Crippen LogP contribution in [0.5, 0.6) is 0 Å². The number of aryl methyl sites for hydroxylation is 1. The molecule has 0 aromatic heterocycles. The van der Waals surface area contributed by atoms with Crippen molar-refractivity contribution in [2.24, 2.45) is 0 Å². The van der Waals surface area contributed by atoms with Crippen LogP contribution in [0.4, 0.5) is 0 Å². The first-order chi connectivity index (χ1) is 13.2. The molecule has 0 heterocycles. The zero-order valence-corrected chi connectivity index (χ0v) is 16.5. The summed E-state index contributed by atoms with van der Waals surface area (Å²) in [6.07, 6.45) is 0. The Kier molecular flexibility index (Phi) is 2.97. The molecule has 4 aromatic rings. The van der Waals surface area contributed by atoms with Gasteiger partial charge in [0.05, 0.1) is 5.41 Å². The van der Waals surface area contributed by atoms with Gasteiger partial charge in [0.2, 0.25) is 0 Å². The van der Waals surface area contributed by atoms with Gasteiger partial charge in [-0.25, -0.2) is 0 Å². The highest BCUT2D eigenvalue weighted by Gasteiger charge is 2.51. The second-order valence-electron chi connectivity index (χ2n) is 7.55. The van der Waals surface area contributed by atoms with Crippen molar-refractivity contribution in [3.63, 3.8) is 0 Å². The highest BCUT2D eigenvalue weighted by Crippen LogP contribution is 2.63. The summed E-state index contributed by atoms with van der Waals surface area (Å²) in [7, 11) is 0. The van der Waals surface area contributed by atoms with Crippen LogP contribution in [0.2, 0.25) is 0 Å². The van der Waals surface area contributed by atoms with E-state index in [0.29, 0.717) is 0 Å². The van der Waals surface area contributed by atoms with Gasteiger partial charge in [0.15, 0.2) is 0 Å². The van der Waals surface area contributed by atoms with Gasteiger partial charge in [0, 0.05) is 10.0 Å². The van der Waals surface area contributed by atoms with Gasteiger partial charge in [-0.15, -0.1) is 0 Å². The summed E-state index contributed by atoms with van der Waals surface area (Å²) in [6, 6.07) is 31.4. The first-order valence-electron chi connectivity index (χ1n) is 9.33. The van der Waals surface area contributed by atoms with E-state index < -0.39 is 0 Å². The fraction of sp³-hybridized carbons (Fsp3) is 0.0769. The van der Waals surface area contributed by atoms with Gasteiger partial charge in [-0.1, -0.05) is 100 Å². The number of fused-ring (bicyclic) bond motifs is 10. The van der Waals surface area contributed by atoms with Gasteiger partial charge in [0.1, 0.15) is 0 Å². The third kappa shape index (κ3) is 1.74. The smallest absolute Gasteiger partial charge is 0.0619 e. The SMILES string of the molecule is Cc1ccc2c(c1)C1(c3ccccc3-2)c2ccccc2-c2c(Br)cccc21. The number of hydrogen-bond donors (Lipinski definition) is 0. The van der Waals surface area contributed by atoms with Crippen molar-refractivity contribution in [1.29, 1.82) is 0 Å². The van der Waals surface area contributed by atoms with Crippen molar-refractivity contribution >= 4 is 15.9 Å². The van der Waals surface area contributed by atoms with Crippen LogP contribution < -0.4 is 0 Å². The van der Waals surface area contributed by atoms with Crippen molar-refractivity contribution in [2.45, 2.75) is 12.3 Å². The lowest BCUT2D eigenvalue weighted by molar-refractivity contribution is 0.792. The second-order valence-corrected chi connectivity index (χ2v) is 8.41. The molecule has 0 bridgehead atoms. The number of halogens is 1. The molecular formula is C26H17Br. The Bertz CT molecular complexity index is 1250. The van der Waals surface area contributed by atoms with Gasteiger partial charge < -0.3 is 0 Å². The Morgan fingerprint density at radius 1 is 0.593 bits per heavy atom. The predicted molar refractivity (Wildman–Crippen MR) is 115 cm³/mol. The molecule has 1 unspecified atom stereocenters. The van der Waals surface area contributed by atoms with Crippen LogP contribution in [0, 0.1) is 6.92 Å². The highest BCUT2D eigenvalue weighted by atomic mass is 79.9. The summed E-state index contributed by atoms with van der Waals surface area (Å²) in [6.45, 7) is 2.19. The maximum absolute atomic E-state index is 3.84. The van der Waals surface area contributed by atoms with Crippen LogP contribution in [0.1, 0.15) is 27.8 Å². The molecule has 6 rings (SSSR count). The van der Waals surface area contributed by atoms with Gasteiger partial charge >= 0.3 is 0 Å². The van der Waals surface area contributed by atoms with Crippen LogP contribution >= 0.6 is 15.9 Å². The summed E-state index contributed by atoms with van der Waals surface area (Å²) < 4.78 is 1.17. The molecule has 0 saturated carbocycles. The van der Waals surface area contributed by atoms with E-state index in [9.17, 15) is 0 Å². The molecule has 0 fully saturated rings. The minimum Gasteiger partial charge on any atom is -0.0619 e. The molecule has 1 atom stereocenters. The molecule has 1 spiro atoms. The monoisotopic (exact) mass is 408 g/mol. The Balaban J connectivity index is 1.89. The summed E-state index contributed by atoms with van der Waals surface area (Å²) in [5, 5.41) is 0. The van der Waals surface area contributed by atoms with Crippen molar-refractivity contribution in [3.05, 3.63) is 117 Å². The van der Waals surface area contributed by atoms with Gasteiger partial charge in [-0.05, 0) is 51.9 Å². The standard InChI is InChI=1S/C26H17Br/c1-16-13-14-18-17-7-2-4-9-20(17)26(23(18)15-16)21-10-5-3-8-19(21)25-22(26)11-6-12-24(25)27/h2-15H,1H3. The maximum Gasteiger partial charge on any atom is 0.0726 e. The first-order valence-corrected chi connectivity index (χ1v) is 10.1. The predicted octanol–water partition coefficient (Wildman–Crippen LogP) is 7.10. The Morgan fingerprint density at radius 3 is 2.04 bits per heavy atom. The van der Waals surface area contributed by atoms with E-state index >= 15 is 0 Å². The van der Waals surface area contributed by atoms with Crippen LogP contribution in [0.15, 0.2) is 89.4 Å². The molecule has 0 radical (unpaired) electrons. The van der Waals surface area contributed by atoms with E-state index in [1.54, 1.807) is 0 Å². The highest BCUT2D eigenvalue weighted by molar-refractivity contribution is 9.10. The zero-order chi connectivity index (χ0) is 18.2. The molecule has 0 amide bonds. The molecule has 0 aliphatic heterocycles. The number of benzene rings is 4. The number of hydrogen-bond acceptors (Lipinski definition) is 0. The second kappa shape index (κ2) is 5.21. The Morgan fingerprint density at radius 2 is 1.22 bits per heavy atom. The Labute approximate surface area is 167 Å². The Hall–Kier alpha value is -2.64. The molecule has 27 heavy (non-hydrogen) atoms. The minimum atomic E-state index is -0.229.